The summed E-state index contributed by atoms with van der Waals surface area (Å²) < 4.78 is 5.63. The van der Waals surface area contributed by atoms with Crippen molar-refractivity contribution in [3.8, 4) is 5.75 Å². The molecule has 4 rings (SSSR count). The lowest BCUT2D eigenvalue weighted by Crippen LogP contribution is -2.36. The van der Waals surface area contributed by atoms with Crippen molar-refractivity contribution in [3.05, 3.63) is 58.7 Å². The molecule has 28 heavy (non-hydrogen) atoms. The van der Waals surface area contributed by atoms with Gasteiger partial charge in [0.1, 0.15) is 5.75 Å². The van der Waals surface area contributed by atoms with Crippen molar-refractivity contribution in [1.29, 1.82) is 0 Å². The van der Waals surface area contributed by atoms with Crippen LogP contribution in [0.4, 0.5) is 5.69 Å². The summed E-state index contributed by atoms with van der Waals surface area (Å²) in [6, 6.07) is 11.9. The molecule has 0 bridgehead atoms. The summed E-state index contributed by atoms with van der Waals surface area (Å²) in [5.74, 6) is 1.03. The van der Waals surface area contributed by atoms with Crippen LogP contribution >= 0.6 is 0 Å². The van der Waals surface area contributed by atoms with Gasteiger partial charge in [-0.05, 0) is 79.6 Å². The monoisotopic (exact) mass is 378 g/mol. The van der Waals surface area contributed by atoms with Gasteiger partial charge in [-0.2, -0.15) is 0 Å². The Morgan fingerprint density at radius 3 is 2.54 bits per heavy atom. The Balaban J connectivity index is 1.36. The average molecular weight is 378 g/mol. The van der Waals surface area contributed by atoms with Crippen LogP contribution in [-0.2, 0) is 22.6 Å². The Morgan fingerprint density at radius 1 is 1.07 bits per heavy atom. The molecule has 2 aromatic rings. The minimum atomic E-state index is -0.194. The van der Waals surface area contributed by atoms with E-state index in [1.54, 1.807) is 0 Å². The van der Waals surface area contributed by atoms with Crippen LogP contribution in [0.15, 0.2) is 36.4 Å². The van der Waals surface area contributed by atoms with E-state index in [0.29, 0.717) is 12.3 Å². The molecular formula is C23H26N2O3. The first-order chi connectivity index (χ1) is 13.5. The number of amides is 2. The predicted molar refractivity (Wildman–Crippen MR) is 108 cm³/mol. The number of benzene rings is 2. The van der Waals surface area contributed by atoms with Crippen LogP contribution in [0.1, 0.15) is 35.1 Å². The number of fused-ring (bicyclic) bond motifs is 1. The van der Waals surface area contributed by atoms with Crippen molar-refractivity contribution in [2.45, 2.75) is 39.7 Å². The number of hydrogen-bond acceptors (Lipinski definition) is 3. The number of nitrogens with one attached hydrogen (secondary N) is 1. The Kier molecular flexibility index (Phi) is 5.07. The first kappa shape index (κ1) is 18.5. The highest BCUT2D eigenvalue weighted by Gasteiger charge is 2.34. The summed E-state index contributed by atoms with van der Waals surface area (Å²) in [4.78, 5) is 26.6. The minimum absolute atomic E-state index is 0.0354. The molecule has 0 unspecified atom stereocenters. The van der Waals surface area contributed by atoms with Crippen molar-refractivity contribution >= 4 is 17.5 Å². The largest absolute Gasteiger partial charge is 0.484 e. The molecule has 5 heteroatoms. The van der Waals surface area contributed by atoms with E-state index in [1.165, 1.54) is 5.56 Å². The smallest absolute Gasteiger partial charge is 0.262 e. The van der Waals surface area contributed by atoms with Gasteiger partial charge in [-0.25, -0.2) is 0 Å². The second kappa shape index (κ2) is 7.66. The Hall–Kier alpha value is -2.82. The zero-order valence-corrected chi connectivity index (χ0v) is 16.5. The molecule has 0 saturated heterocycles. The number of anilines is 1. The lowest BCUT2D eigenvalue weighted by molar-refractivity contribution is -0.133. The SMILES string of the molecule is Cc1cc(C)cc(OCC(=O)Nc2ccc3c(c2)CN(C(=O)C2CC2)CC3)c1. The lowest BCUT2D eigenvalue weighted by atomic mass is 9.98. The van der Waals surface area contributed by atoms with Crippen molar-refractivity contribution < 1.29 is 14.3 Å². The van der Waals surface area contributed by atoms with Gasteiger partial charge in [-0.3, -0.25) is 9.59 Å². The van der Waals surface area contributed by atoms with Gasteiger partial charge < -0.3 is 15.0 Å². The number of carbonyl (C=O) groups excluding carboxylic acids is 2. The Morgan fingerprint density at radius 2 is 1.82 bits per heavy atom. The zero-order valence-electron chi connectivity index (χ0n) is 16.5. The van der Waals surface area contributed by atoms with E-state index in [0.717, 1.165) is 48.2 Å². The predicted octanol–water partition coefficient (Wildman–Crippen LogP) is 3.62. The highest BCUT2D eigenvalue weighted by Crippen LogP contribution is 2.33. The standard InChI is InChI=1S/C23H26N2O3/c1-15-9-16(2)11-21(10-15)28-14-22(26)24-20-6-5-17-7-8-25(13-19(17)12-20)23(27)18-3-4-18/h5-6,9-12,18H,3-4,7-8,13-14H2,1-2H3,(H,24,26). The van der Waals surface area contributed by atoms with Gasteiger partial charge in [0.05, 0.1) is 0 Å². The Bertz CT molecular complexity index is 898. The molecule has 2 aliphatic rings. The lowest BCUT2D eigenvalue weighted by Gasteiger charge is -2.29. The highest BCUT2D eigenvalue weighted by atomic mass is 16.5. The first-order valence-corrected chi connectivity index (χ1v) is 9.89. The number of aryl methyl sites for hydroxylation is 2. The van der Waals surface area contributed by atoms with Crippen molar-refractivity contribution in [2.75, 3.05) is 18.5 Å². The number of carbonyl (C=O) groups is 2. The van der Waals surface area contributed by atoms with E-state index in [-0.39, 0.29) is 24.3 Å². The molecule has 0 spiro atoms. The van der Waals surface area contributed by atoms with Crippen LogP contribution in [0.5, 0.6) is 5.75 Å². The number of hydrogen-bond donors (Lipinski definition) is 1. The summed E-state index contributed by atoms with van der Waals surface area (Å²) in [5.41, 5.74) is 5.33. The van der Waals surface area contributed by atoms with Crippen LogP contribution in [0, 0.1) is 19.8 Å². The fourth-order valence-electron chi connectivity index (χ4n) is 3.77. The van der Waals surface area contributed by atoms with E-state index in [2.05, 4.69) is 17.4 Å². The molecule has 1 aliphatic heterocycles. The second-order valence-electron chi connectivity index (χ2n) is 7.93. The second-order valence-corrected chi connectivity index (χ2v) is 7.93. The summed E-state index contributed by atoms with van der Waals surface area (Å²) in [6.45, 7) is 5.39. The van der Waals surface area contributed by atoms with Gasteiger partial charge in [0.2, 0.25) is 5.91 Å². The van der Waals surface area contributed by atoms with Crippen molar-refractivity contribution in [3.63, 3.8) is 0 Å². The molecule has 2 aromatic carbocycles. The van der Waals surface area contributed by atoms with Crippen LogP contribution in [0.25, 0.3) is 0 Å². The molecule has 1 aliphatic carbocycles. The molecule has 1 fully saturated rings. The average Bonchev–Trinajstić information content (AvgIpc) is 3.50. The molecular weight excluding hydrogens is 352 g/mol. The summed E-state index contributed by atoms with van der Waals surface area (Å²) in [5, 5.41) is 2.90. The minimum Gasteiger partial charge on any atom is -0.484 e. The van der Waals surface area contributed by atoms with Gasteiger partial charge >= 0.3 is 0 Å². The molecule has 2 amide bonds. The molecule has 1 N–H and O–H groups in total. The molecule has 1 heterocycles. The molecule has 0 atom stereocenters. The zero-order chi connectivity index (χ0) is 19.7. The van der Waals surface area contributed by atoms with E-state index in [9.17, 15) is 9.59 Å². The topological polar surface area (TPSA) is 58.6 Å². The fourth-order valence-corrected chi connectivity index (χ4v) is 3.77. The quantitative estimate of drug-likeness (QED) is 0.865. The molecule has 146 valence electrons. The maximum absolute atomic E-state index is 12.3. The molecule has 1 saturated carbocycles. The van der Waals surface area contributed by atoms with Gasteiger partial charge in [0.25, 0.3) is 5.91 Å². The third-order valence-corrected chi connectivity index (χ3v) is 5.31. The van der Waals surface area contributed by atoms with E-state index in [1.807, 2.05) is 43.0 Å². The normalized spacial score (nSPS) is 15.7. The van der Waals surface area contributed by atoms with Crippen LogP contribution in [0.3, 0.4) is 0 Å². The van der Waals surface area contributed by atoms with Gasteiger partial charge in [-0.1, -0.05) is 12.1 Å². The highest BCUT2D eigenvalue weighted by molar-refractivity contribution is 5.92. The number of rotatable bonds is 5. The van der Waals surface area contributed by atoms with Gasteiger partial charge in [0.15, 0.2) is 6.61 Å². The third kappa shape index (κ3) is 4.35. The summed E-state index contributed by atoms with van der Waals surface area (Å²) in [6.07, 6.45) is 2.93. The van der Waals surface area contributed by atoms with Gasteiger partial charge in [0, 0.05) is 24.7 Å². The molecule has 0 aromatic heterocycles. The number of ether oxygens (including phenoxy) is 1. The van der Waals surface area contributed by atoms with Crippen molar-refractivity contribution in [1.82, 2.24) is 4.90 Å². The van der Waals surface area contributed by atoms with E-state index in [4.69, 9.17) is 4.74 Å². The van der Waals surface area contributed by atoms with E-state index >= 15 is 0 Å². The fraction of sp³-hybridized carbons (Fsp3) is 0.391. The number of nitrogens with zero attached hydrogens (tertiary/aromatic N) is 1. The maximum atomic E-state index is 12.3. The van der Waals surface area contributed by atoms with Gasteiger partial charge in [-0.15, -0.1) is 0 Å². The Labute approximate surface area is 165 Å². The molecule has 5 nitrogen and oxygen atoms in total. The van der Waals surface area contributed by atoms with Crippen LogP contribution in [0.2, 0.25) is 0 Å². The summed E-state index contributed by atoms with van der Waals surface area (Å²) in [7, 11) is 0. The third-order valence-electron chi connectivity index (χ3n) is 5.31. The van der Waals surface area contributed by atoms with Crippen LogP contribution in [-0.4, -0.2) is 29.9 Å². The summed E-state index contributed by atoms with van der Waals surface area (Å²) >= 11 is 0. The van der Waals surface area contributed by atoms with Crippen molar-refractivity contribution in [2.24, 2.45) is 5.92 Å². The van der Waals surface area contributed by atoms with Crippen LogP contribution < -0.4 is 10.1 Å². The first-order valence-electron chi connectivity index (χ1n) is 9.89. The molecule has 0 radical (unpaired) electrons. The van der Waals surface area contributed by atoms with E-state index < -0.39 is 0 Å². The maximum Gasteiger partial charge on any atom is 0.262 e.